The minimum absolute atomic E-state index is 0.248. The number of ether oxygens (including phenoxy) is 1. The lowest BCUT2D eigenvalue weighted by Gasteiger charge is -2.04. The van der Waals surface area contributed by atoms with Crippen LogP contribution < -0.4 is 10.1 Å². The van der Waals surface area contributed by atoms with Crippen molar-refractivity contribution in [3.63, 3.8) is 0 Å². The van der Waals surface area contributed by atoms with Crippen LogP contribution in [0.4, 0.5) is 0 Å². The van der Waals surface area contributed by atoms with Gasteiger partial charge in [0.2, 0.25) is 5.88 Å². The van der Waals surface area contributed by atoms with E-state index in [1.54, 1.807) is 12.3 Å². The molecule has 0 bridgehead atoms. The number of fused-ring (bicyclic) bond motifs is 1. The van der Waals surface area contributed by atoms with Crippen LogP contribution in [-0.4, -0.2) is 50.2 Å². The Bertz CT molecular complexity index is 1000. The molecule has 3 aromatic heterocycles. The highest BCUT2D eigenvalue weighted by Gasteiger charge is 2.19. The van der Waals surface area contributed by atoms with Crippen molar-refractivity contribution in [3.05, 3.63) is 30.2 Å². The number of thiazole rings is 1. The number of carboxylic acid groups (broad SMARTS) is 1. The van der Waals surface area contributed by atoms with E-state index in [9.17, 15) is 14.7 Å². The van der Waals surface area contributed by atoms with Crippen molar-refractivity contribution >= 4 is 33.4 Å². The van der Waals surface area contributed by atoms with Crippen molar-refractivity contribution in [2.75, 3.05) is 13.2 Å². The molecule has 0 aromatic carbocycles. The smallest absolute Gasteiger partial charge is 0.322 e. The Labute approximate surface area is 164 Å². The fourth-order valence-electron chi connectivity index (χ4n) is 2.33. The molecule has 1 amide bonds. The second kappa shape index (κ2) is 8.61. The number of amides is 1. The predicted molar refractivity (Wildman–Crippen MR) is 103 cm³/mol. The molecular weight excluding hydrogens is 384 g/mol. The van der Waals surface area contributed by atoms with Crippen molar-refractivity contribution in [3.8, 4) is 22.2 Å². The van der Waals surface area contributed by atoms with E-state index >= 15 is 0 Å². The van der Waals surface area contributed by atoms with Crippen LogP contribution in [0.3, 0.4) is 0 Å². The summed E-state index contributed by atoms with van der Waals surface area (Å²) in [4.78, 5) is 35.1. The molecule has 10 heteroatoms. The third kappa shape index (κ3) is 4.34. The van der Waals surface area contributed by atoms with Gasteiger partial charge in [0.1, 0.15) is 21.8 Å². The lowest BCUT2D eigenvalue weighted by atomic mass is 10.3. The Morgan fingerprint density at radius 3 is 2.75 bits per heavy atom. The summed E-state index contributed by atoms with van der Waals surface area (Å²) in [5, 5.41) is 21.8. The maximum atomic E-state index is 12.0. The van der Waals surface area contributed by atoms with Gasteiger partial charge in [-0.15, -0.1) is 11.3 Å². The molecule has 146 valence electrons. The molecule has 3 rings (SSSR count). The van der Waals surface area contributed by atoms with Gasteiger partial charge in [-0.2, -0.15) is 0 Å². The number of aromatic hydroxyl groups is 1. The highest BCUT2D eigenvalue weighted by molar-refractivity contribution is 7.22. The van der Waals surface area contributed by atoms with Gasteiger partial charge < -0.3 is 20.3 Å². The summed E-state index contributed by atoms with van der Waals surface area (Å²) in [6.45, 7) is 2.12. The SMILES string of the molecule is CCCCOc1ccc(-c2nc3cnc(C(=O)NCC(=O)O)c(O)c3s2)cn1. The topological polar surface area (TPSA) is 135 Å². The van der Waals surface area contributed by atoms with E-state index in [1.165, 1.54) is 17.5 Å². The van der Waals surface area contributed by atoms with Crippen LogP contribution in [0, 0.1) is 0 Å². The van der Waals surface area contributed by atoms with Crippen LogP contribution >= 0.6 is 11.3 Å². The monoisotopic (exact) mass is 402 g/mol. The molecule has 0 aliphatic carbocycles. The summed E-state index contributed by atoms with van der Waals surface area (Å²) < 4.78 is 5.92. The summed E-state index contributed by atoms with van der Waals surface area (Å²) in [6, 6.07) is 3.57. The van der Waals surface area contributed by atoms with Gasteiger partial charge in [-0.1, -0.05) is 13.3 Å². The number of aliphatic carboxylic acids is 1. The minimum atomic E-state index is -1.19. The Balaban J connectivity index is 1.83. The number of rotatable bonds is 8. The average Bonchev–Trinajstić information content (AvgIpc) is 3.12. The number of nitrogens with one attached hydrogen (secondary N) is 1. The number of pyridine rings is 2. The van der Waals surface area contributed by atoms with Crippen molar-refractivity contribution < 1.29 is 24.5 Å². The Morgan fingerprint density at radius 1 is 1.25 bits per heavy atom. The number of nitrogens with zero attached hydrogens (tertiary/aromatic N) is 3. The Kier molecular flexibility index (Phi) is 5.99. The molecule has 3 N–H and O–H groups in total. The molecule has 0 radical (unpaired) electrons. The molecule has 0 unspecified atom stereocenters. The number of aromatic nitrogens is 3. The van der Waals surface area contributed by atoms with Gasteiger partial charge in [-0.3, -0.25) is 9.59 Å². The zero-order valence-corrected chi connectivity index (χ0v) is 15.8. The van der Waals surface area contributed by atoms with E-state index in [-0.39, 0.29) is 11.4 Å². The zero-order valence-electron chi connectivity index (χ0n) is 15.0. The number of hydrogen-bond acceptors (Lipinski definition) is 8. The summed E-state index contributed by atoms with van der Waals surface area (Å²) in [5.74, 6) is -1.77. The third-order valence-electron chi connectivity index (χ3n) is 3.76. The molecule has 0 aliphatic rings. The zero-order chi connectivity index (χ0) is 20.1. The van der Waals surface area contributed by atoms with E-state index in [4.69, 9.17) is 9.84 Å². The summed E-state index contributed by atoms with van der Waals surface area (Å²) >= 11 is 1.18. The van der Waals surface area contributed by atoms with Gasteiger partial charge in [0.05, 0.1) is 12.8 Å². The van der Waals surface area contributed by atoms with Gasteiger partial charge in [0.25, 0.3) is 5.91 Å². The molecule has 9 nitrogen and oxygen atoms in total. The number of carboxylic acids is 1. The van der Waals surface area contributed by atoms with Crippen LogP contribution in [0.25, 0.3) is 20.8 Å². The Morgan fingerprint density at radius 2 is 2.07 bits per heavy atom. The first kappa shape index (κ1) is 19.5. The molecule has 3 aromatic rings. The van der Waals surface area contributed by atoms with E-state index in [2.05, 4.69) is 27.2 Å². The van der Waals surface area contributed by atoms with Crippen molar-refractivity contribution in [2.24, 2.45) is 0 Å². The molecular formula is C18H18N4O5S. The lowest BCUT2D eigenvalue weighted by molar-refractivity contribution is -0.135. The highest BCUT2D eigenvalue weighted by atomic mass is 32.1. The van der Waals surface area contributed by atoms with Crippen molar-refractivity contribution in [1.82, 2.24) is 20.3 Å². The number of carbonyl (C=O) groups is 2. The standard InChI is InChI=1S/C18H18N4O5S/c1-2-3-6-27-12-5-4-10(7-19-12)18-22-11-8-20-14(15(25)16(11)28-18)17(26)21-9-13(23)24/h4-5,7-8,25H,2-3,6,9H2,1H3,(H,21,26)(H,23,24). The quantitative estimate of drug-likeness (QED) is 0.489. The van der Waals surface area contributed by atoms with Crippen molar-refractivity contribution in [2.45, 2.75) is 19.8 Å². The van der Waals surface area contributed by atoms with Crippen LogP contribution in [-0.2, 0) is 4.79 Å². The van der Waals surface area contributed by atoms with Crippen LogP contribution in [0.2, 0.25) is 0 Å². The fourth-order valence-corrected chi connectivity index (χ4v) is 3.30. The van der Waals surface area contributed by atoms with E-state index in [1.807, 2.05) is 6.07 Å². The first-order valence-electron chi connectivity index (χ1n) is 8.57. The number of unbranched alkanes of at least 4 members (excludes halogenated alkanes) is 1. The molecule has 0 saturated heterocycles. The van der Waals surface area contributed by atoms with Crippen LogP contribution in [0.15, 0.2) is 24.5 Å². The molecule has 0 spiro atoms. The Hall–Kier alpha value is -3.27. The molecule has 0 saturated carbocycles. The van der Waals surface area contributed by atoms with Gasteiger partial charge in [-0.25, -0.2) is 15.0 Å². The number of carbonyl (C=O) groups excluding carboxylic acids is 1. The third-order valence-corrected chi connectivity index (χ3v) is 4.88. The lowest BCUT2D eigenvalue weighted by Crippen LogP contribution is -2.29. The first-order chi connectivity index (χ1) is 13.5. The van der Waals surface area contributed by atoms with Gasteiger partial charge in [0.15, 0.2) is 11.4 Å². The highest BCUT2D eigenvalue weighted by Crippen LogP contribution is 2.36. The molecule has 0 fully saturated rings. The van der Waals surface area contributed by atoms with Crippen molar-refractivity contribution in [1.29, 1.82) is 0 Å². The molecule has 0 atom stereocenters. The second-order valence-corrected chi connectivity index (χ2v) is 6.85. The minimum Gasteiger partial charge on any atom is -0.504 e. The van der Waals surface area contributed by atoms with Gasteiger partial charge in [-0.05, 0) is 12.5 Å². The average molecular weight is 402 g/mol. The maximum absolute atomic E-state index is 12.0. The molecule has 3 heterocycles. The van der Waals surface area contributed by atoms with Gasteiger partial charge >= 0.3 is 5.97 Å². The van der Waals surface area contributed by atoms with E-state index in [0.29, 0.717) is 27.7 Å². The van der Waals surface area contributed by atoms with E-state index < -0.39 is 18.4 Å². The fraction of sp³-hybridized carbons (Fsp3) is 0.278. The molecule has 0 aliphatic heterocycles. The molecule has 28 heavy (non-hydrogen) atoms. The largest absolute Gasteiger partial charge is 0.504 e. The summed E-state index contributed by atoms with van der Waals surface area (Å²) in [5.41, 5.74) is 0.914. The number of hydrogen-bond donors (Lipinski definition) is 3. The normalized spacial score (nSPS) is 10.8. The summed E-state index contributed by atoms with van der Waals surface area (Å²) in [6.07, 6.45) is 4.98. The van der Waals surface area contributed by atoms with Crippen LogP contribution in [0.1, 0.15) is 30.3 Å². The first-order valence-corrected chi connectivity index (χ1v) is 9.39. The van der Waals surface area contributed by atoms with E-state index in [0.717, 1.165) is 18.4 Å². The summed E-state index contributed by atoms with van der Waals surface area (Å²) in [7, 11) is 0. The predicted octanol–water partition coefficient (Wildman–Crippen LogP) is 2.45. The maximum Gasteiger partial charge on any atom is 0.322 e. The van der Waals surface area contributed by atoms with Gasteiger partial charge in [0, 0.05) is 17.8 Å². The van der Waals surface area contributed by atoms with Crippen LogP contribution in [0.5, 0.6) is 11.6 Å². The second-order valence-electron chi connectivity index (χ2n) is 5.85.